The molecule has 1 saturated carbocycles. The fraction of sp³-hybridized carbons (Fsp3) is 0.562. The molecule has 1 aliphatic carbocycles. The van der Waals surface area contributed by atoms with Crippen LogP contribution in [0.4, 0.5) is 0 Å². The van der Waals surface area contributed by atoms with Gasteiger partial charge >= 0.3 is 0 Å². The van der Waals surface area contributed by atoms with Crippen LogP contribution in [0.1, 0.15) is 43.1 Å². The first-order chi connectivity index (χ1) is 9.37. The predicted molar refractivity (Wildman–Crippen MR) is 77.9 cm³/mol. The standard InChI is InChI=1S/C16H23NO3/c1-5-20-14-9-13(16(14,3)4)17-15(19)11-7-6-8-12(18)10(11)2/h6-8,13-14,18H,5,9H2,1-4H3,(H,17,19). The zero-order valence-corrected chi connectivity index (χ0v) is 12.6. The molecule has 2 atom stereocenters. The van der Waals surface area contributed by atoms with E-state index >= 15 is 0 Å². The van der Waals surface area contributed by atoms with Crippen LogP contribution < -0.4 is 5.32 Å². The summed E-state index contributed by atoms with van der Waals surface area (Å²) in [6, 6.07) is 5.11. The molecule has 110 valence electrons. The van der Waals surface area contributed by atoms with Crippen LogP contribution in [-0.4, -0.2) is 29.8 Å². The summed E-state index contributed by atoms with van der Waals surface area (Å²) in [5.74, 6) is 0.0177. The van der Waals surface area contributed by atoms with E-state index in [4.69, 9.17) is 4.74 Å². The fourth-order valence-corrected chi connectivity index (χ4v) is 2.72. The maximum atomic E-state index is 12.3. The van der Waals surface area contributed by atoms with E-state index in [1.54, 1.807) is 25.1 Å². The van der Waals surface area contributed by atoms with Crippen LogP contribution in [-0.2, 0) is 4.74 Å². The Kier molecular flexibility index (Phi) is 4.04. The van der Waals surface area contributed by atoms with E-state index in [1.165, 1.54) is 0 Å². The molecule has 1 fully saturated rings. The number of hydrogen-bond donors (Lipinski definition) is 2. The number of carbonyl (C=O) groups is 1. The fourth-order valence-electron chi connectivity index (χ4n) is 2.72. The third-order valence-electron chi connectivity index (χ3n) is 4.40. The Balaban J connectivity index is 2.05. The first-order valence-corrected chi connectivity index (χ1v) is 7.09. The van der Waals surface area contributed by atoms with Gasteiger partial charge in [-0.15, -0.1) is 0 Å². The van der Waals surface area contributed by atoms with Gasteiger partial charge in [0.15, 0.2) is 0 Å². The minimum absolute atomic E-state index is 0.0591. The van der Waals surface area contributed by atoms with Gasteiger partial charge in [-0.25, -0.2) is 0 Å². The van der Waals surface area contributed by atoms with Crippen molar-refractivity contribution in [2.24, 2.45) is 5.41 Å². The summed E-state index contributed by atoms with van der Waals surface area (Å²) >= 11 is 0. The van der Waals surface area contributed by atoms with E-state index < -0.39 is 0 Å². The average Bonchev–Trinajstić information content (AvgIpc) is 2.40. The van der Waals surface area contributed by atoms with Crippen LogP contribution in [0.25, 0.3) is 0 Å². The third kappa shape index (κ3) is 2.52. The summed E-state index contributed by atoms with van der Waals surface area (Å²) in [4.78, 5) is 12.3. The maximum Gasteiger partial charge on any atom is 0.251 e. The van der Waals surface area contributed by atoms with Crippen LogP contribution in [0.5, 0.6) is 5.75 Å². The van der Waals surface area contributed by atoms with Crippen molar-refractivity contribution in [3.63, 3.8) is 0 Å². The molecule has 0 spiro atoms. The van der Waals surface area contributed by atoms with Crippen molar-refractivity contribution in [3.05, 3.63) is 29.3 Å². The normalized spacial score (nSPS) is 24.0. The second kappa shape index (κ2) is 5.44. The highest BCUT2D eigenvalue weighted by Gasteiger charge is 2.49. The third-order valence-corrected chi connectivity index (χ3v) is 4.40. The van der Waals surface area contributed by atoms with Crippen LogP contribution in [0.3, 0.4) is 0 Å². The lowest BCUT2D eigenvalue weighted by molar-refractivity contribution is -0.111. The zero-order chi connectivity index (χ0) is 14.9. The number of ether oxygens (including phenoxy) is 1. The van der Waals surface area contributed by atoms with Crippen LogP contribution >= 0.6 is 0 Å². The van der Waals surface area contributed by atoms with Gasteiger partial charge in [0, 0.05) is 29.2 Å². The smallest absolute Gasteiger partial charge is 0.251 e. The van der Waals surface area contributed by atoms with E-state index in [9.17, 15) is 9.90 Å². The average molecular weight is 277 g/mol. The molecule has 2 unspecified atom stereocenters. The van der Waals surface area contributed by atoms with Gasteiger partial charge in [0.1, 0.15) is 5.75 Å². The molecule has 0 aliphatic heterocycles. The van der Waals surface area contributed by atoms with Gasteiger partial charge in [0.2, 0.25) is 0 Å². The molecule has 4 nitrogen and oxygen atoms in total. The Hall–Kier alpha value is -1.55. The van der Waals surface area contributed by atoms with Crippen molar-refractivity contribution in [1.82, 2.24) is 5.32 Å². The second-order valence-corrected chi connectivity index (χ2v) is 5.98. The number of amides is 1. The number of benzene rings is 1. The van der Waals surface area contributed by atoms with Gasteiger partial charge in [0.05, 0.1) is 6.10 Å². The predicted octanol–water partition coefficient (Wildman–Crippen LogP) is 2.63. The van der Waals surface area contributed by atoms with Gasteiger partial charge in [-0.2, -0.15) is 0 Å². The Morgan fingerprint density at radius 2 is 2.20 bits per heavy atom. The number of carbonyl (C=O) groups excluding carboxylic acids is 1. The minimum Gasteiger partial charge on any atom is -0.508 e. The van der Waals surface area contributed by atoms with Crippen molar-refractivity contribution in [1.29, 1.82) is 0 Å². The molecule has 1 amide bonds. The van der Waals surface area contributed by atoms with E-state index in [0.717, 1.165) is 6.42 Å². The number of phenols is 1. The van der Waals surface area contributed by atoms with Crippen molar-refractivity contribution < 1.29 is 14.6 Å². The molecular weight excluding hydrogens is 254 g/mol. The van der Waals surface area contributed by atoms with Gasteiger partial charge in [0.25, 0.3) is 5.91 Å². The summed E-state index contributed by atoms with van der Waals surface area (Å²) < 4.78 is 5.66. The minimum atomic E-state index is -0.133. The summed E-state index contributed by atoms with van der Waals surface area (Å²) in [6.07, 6.45) is 1.04. The molecule has 1 aromatic rings. The first-order valence-electron chi connectivity index (χ1n) is 7.09. The topological polar surface area (TPSA) is 58.6 Å². The number of aromatic hydroxyl groups is 1. The lowest BCUT2D eigenvalue weighted by Gasteiger charge is -2.51. The molecule has 20 heavy (non-hydrogen) atoms. The summed E-state index contributed by atoms with van der Waals surface area (Å²) in [5.41, 5.74) is 1.08. The SMILES string of the molecule is CCOC1CC(NC(=O)c2cccc(O)c2C)C1(C)C. The van der Waals surface area contributed by atoms with Crippen molar-refractivity contribution >= 4 is 5.91 Å². The van der Waals surface area contributed by atoms with E-state index in [0.29, 0.717) is 17.7 Å². The highest BCUT2D eigenvalue weighted by Crippen LogP contribution is 2.42. The molecule has 0 saturated heterocycles. The number of rotatable bonds is 4. The molecule has 0 heterocycles. The van der Waals surface area contributed by atoms with Crippen molar-refractivity contribution in [2.45, 2.75) is 46.3 Å². The molecule has 2 rings (SSSR count). The first kappa shape index (κ1) is 14.9. The van der Waals surface area contributed by atoms with Gasteiger partial charge in [-0.05, 0) is 32.4 Å². The van der Waals surface area contributed by atoms with Gasteiger partial charge in [-0.1, -0.05) is 19.9 Å². The molecule has 1 aromatic carbocycles. The largest absolute Gasteiger partial charge is 0.508 e. The maximum absolute atomic E-state index is 12.3. The Morgan fingerprint density at radius 3 is 2.80 bits per heavy atom. The van der Waals surface area contributed by atoms with Crippen LogP contribution in [0.15, 0.2) is 18.2 Å². The molecular formula is C16H23NO3. The van der Waals surface area contributed by atoms with E-state index in [2.05, 4.69) is 19.2 Å². The molecule has 2 N–H and O–H groups in total. The zero-order valence-electron chi connectivity index (χ0n) is 12.6. The molecule has 4 heteroatoms. The monoisotopic (exact) mass is 277 g/mol. The highest BCUT2D eigenvalue weighted by molar-refractivity contribution is 5.96. The summed E-state index contributed by atoms with van der Waals surface area (Å²) in [7, 11) is 0. The summed E-state index contributed by atoms with van der Waals surface area (Å²) in [5, 5.41) is 12.7. The summed E-state index contributed by atoms with van der Waals surface area (Å²) in [6.45, 7) is 8.64. The van der Waals surface area contributed by atoms with Gasteiger partial charge < -0.3 is 15.2 Å². The number of nitrogens with one attached hydrogen (secondary N) is 1. The number of hydrogen-bond acceptors (Lipinski definition) is 3. The Labute approximate surface area is 120 Å². The molecule has 1 aliphatic rings. The quantitative estimate of drug-likeness (QED) is 0.889. The highest BCUT2D eigenvalue weighted by atomic mass is 16.5. The van der Waals surface area contributed by atoms with Crippen LogP contribution in [0, 0.1) is 12.3 Å². The van der Waals surface area contributed by atoms with Crippen molar-refractivity contribution in [2.75, 3.05) is 6.61 Å². The lowest BCUT2D eigenvalue weighted by Crippen LogP contribution is -2.62. The van der Waals surface area contributed by atoms with Gasteiger partial charge in [-0.3, -0.25) is 4.79 Å². The van der Waals surface area contributed by atoms with E-state index in [1.807, 2.05) is 6.92 Å². The molecule has 0 radical (unpaired) electrons. The Bertz CT molecular complexity index is 510. The lowest BCUT2D eigenvalue weighted by atomic mass is 9.64. The van der Waals surface area contributed by atoms with Crippen molar-refractivity contribution in [3.8, 4) is 5.75 Å². The van der Waals surface area contributed by atoms with Crippen LogP contribution in [0.2, 0.25) is 0 Å². The second-order valence-electron chi connectivity index (χ2n) is 5.98. The number of phenolic OH excluding ortho intramolecular Hbond substituents is 1. The van der Waals surface area contributed by atoms with E-state index in [-0.39, 0.29) is 29.2 Å². The molecule has 0 aromatic heterocycles. The Morgan fingerprint density at radius 1 is 1.50 bits per heavy atom. The molecule has 0 bridgehead atoms.